The van der Waals surface area contributed by atoms with E-state index in [1.54, 1.807) is 4.90 Å². The fourth-order valence-electron chi connectivity index (χ4n) is 2.71. The number of hydrogen-bond acceptors (Lipinski definition) is 2. The van der Waals surface area contributed by atoms with Gasteiger partial charge in [-0.15, -0.1) is 0 Å². The van der Waals surface area contributed by atoms with E-state index in [2.05, 4.69) is 0 Å². The Balaban J connectivity index is 1.66. The third kappa shape index (κ3) is 2.28. The van der Waals surface area contributed by atoms with Gasteiger partial charge in [-0.3, -0.25) is 4.79 Å². The van der Waals surface area contributed by atoms with E-state index in [9.17, 15) is 18.0 Å². The van der Waals surface area contributed by atoms with E-state index in [-0.39, 0.29) is 17.0 Å². The van der Waals surface area contributed by atoms with E-state index in [0.29, 0.717) is 19.0 Å². The number of amides is 1. The van der Waals surface area contributed by atoms with Crippen LogP contribution in [-0.2, 0) is 6.18 Å². The van der Waals surface area contributed by atoms with Gasteiger partial charge in [0.2, 0.25) is 0 Å². The van der Waals surface area contributed by atoms with Crippen LogP contribution in [0.25, 0.3) is 0 Å². The molecule has 0 aromatic heterocycles. The number of nitrogens with zero attached hydrogens (tertiary/aromatic N) is 1. The van der Waals surface area contributed by atoms with E-state index in [1.165, 1.54) is 12.1 Å². The van der Waals surface area contributed by atoms with Crippen LogP contribution in [0.2, 0.25) is 0 Å². The molecule has 2 aliphatic rings. The van der Waals surface area contributed by atoms with Crippen molar-refractivity contribution in [1.29, 1.82) is 0 Å². The summed E-state index contributed by atoms with van der Waals surface area (Å²) in [6, 6.07) is 4.31. The first-order valence-corrected chi connectivity index (χ1v) is 6.55. The molecule has 3 nitrogen and oxygen atoms in total. The fraction of sp³-hybridized carbons (Fsp3) is 0.500. The quantitative estimate of drug-likeness (QED) is 0.905. The summed E-state index contributed by atoms with van der Waals surface area (Å²) < 4.78 is 37.3. The summed E-state index contributed by atoms with van der Waals surface area (Å²) in [5, 5.41) is 0. The SMILES string of the molecule is NC1(C2CC2)CN(C(=O)c2ccc(C(F)(F)F)cc2)C1. The average molecular weight is 284 g/mol. The fourth-order valence-corrected chi connectivity index (χ4v) is 2.71. The minimum Gasteiger partial charge on any atom is -0.335 e. The zero-order valence-electron chi connectivity index (χ0n) is 10.8. The topological polar surface area (TPSA) is 46.3 Å². The van der Waals surface area contributed by atoms with E-state index < -0.39 is 11.7 Å². The van der Waals surface area contributed by atoms with Gasteiger partial charge in [0.15, 0.2) is 0 Å². The van der Waals surface area contributed by atoms with Crippen LogP contribution >= 0.6 is 0 Å². The maximum absolute atomic E-state index is 12.4. The Labute approximate surface area is 114 Å². The summed E-state index contributed by atoms with van der Waals surface area (Å²) in [5.41, 5.74) is 5.40. The molecule has 1 saturated heterocycles. The Bertz CT molecular complexity index is 528. The van der Waals surface area contributed by atoms with Gasteiger partial charge in [0.25, 0.3) is 5.91 Å². The zero-order chi connectivity index (χ0) is 14.5. The van der Waals surface area contributed by atoms with E-state index in [1.807, 2.05) is 0 Å². The van der Waals surface area contributed by atoms with Crippen LogP contribution in [0.1, 0.15) is 28.8 Å². The lowest BCUT2D eigenvalue weighted by atomic mass is 9.85. The molecule has 0 spiro atoms. The Hall–Kier alpha value is -1.56. The smallest absolute Gasteiger partial charge is 0.335 e. The first-order valence-electron chi connectivity index (χ1n) is 6.55. The maximum atomic E-state index is 12.4. The first-order chi connectivity index (χ1) is 9.29. The van der Waals surface area contributed by atoms with Crippen LogP contribution in [0.4, 0.5) is 13.2 Å². The molecule has 1 saturated carbocycles. The maximum Gasteiger partial charge on any atom is 0.416 e. The number of halogens is 3. The summed E-state index contributed by atoms with van der Waals surface area (Å²) in [6.45, 7) is 0.995. The van der Waals surface area contributed by atoms with Crippen molar-refractivity contribution >= 4 is 5.91 Å². The monoisotopic (exact) mass is 284 g/mol. The molecule has 20 heavy (non-hydrogen) atoms. The molecular formula is C14H15F3N2O. The number of rotatable bonds is 2. The lowest BCUT2D eigenvalue weighted by Gasteiger charge is -2.48. The number of nitrogens with two attached hydrogens (primary N) is 1. The minimum atomic E-state index is -4.38. The lowest BCUT2D eigenvalue weighted by molar-refractivity contribution is -0.137. The van der Waals surface area contributed by atoms with Gasteiger partial charge in [-0.1, -0.05) is 0 Å². The van der Waals surface area contributed by atoms with E-state index in [0.717, 1.165) is 25.0 Å². The van der Waals surface area contributed by atoms with Gasteiger partial charge in [0.05, 0.1) is 11.1 Å². The van der Waals surface area contributed by atoms with Crippen molar-refractivity contribution in [3.8, 4) is 0 Å². The third-order valence-corrected chi connectivity index (χ3v) is 4.11. The summed E-state index contributed by atoms with van der Waals surface area (Å²) >= 11 is 0. The van der Waals surface area contributed by atoms with Crippen molar-refractivity contribution in [2.45, 2.75) is 24.6 Å². The Morgan fingerprint density at radius 1 is 1.20 bits per heavy atom. The highest BCUT2D eigenvalue weighted by Crippen LogP contribution is 2.43. The highest BCUT2D eigenvalue weighted by atomic mass is 19.4. The molecule has 0 radical (unpaired) electrons. The summed E-state index contributed by atoms with van der Waals surface area (Å²) in [6.07, 6.45) is -2.16. The van der Waals surface area contributed by atoms with Crippen molar-refractivity contribution in [3.05, 3.63) is 35.4 Å². The standard InChI is InChI=1S/C14H15F3N2O/c15-14(16,17)11-3-1-9(2-4-11)12(20)19-7-13(18,8-19)10-5-6-10/h1-4,10H,5-8,18H2. The molecule has 1 heterocycles. The average Bonchev–Trinajstić information content (AvgIpc) is 3.18. The lowest BCUT2D eigenvalue weighted by Crippen LogP contribution is -2.69. The third-order valence-electron chi connectivity index (χ3n) is 4.11. The summed E-state index contributed by atoms with van der Waals surface area (Å²) in [4.78, 5) is 13.7. The van der Waals surface area contributed by atoms with Crippen LogP contribution in [0.3, 0.4) is 0 Å². The minimum absolute atomic E-state index is 0.250. The van der Waals surface area contributed by atoms with Gasteiger partial charge >= 0.3 is 6.18 Å². The number of carbonyl (C=O) groups excluding carboxylic acids is 1. The second-order valence-electron chi connectivity index (χ2n) is 5.74. The van der Waals surface area contributed by atoms with Crippen molar-refractivity contribution in [3.63, 3.8) is 0 Å². The number of carbonyl (C=O) groups is 1. The zero-order valence-corrected chi connectivity index (χ0v) is 10.8. The molecule has 0 atom stereocenters. The molecular weight excluding hydrogens is 269 g/mol. The van der Waals surface area contributed by atoms with Crippen molar-refractivity contribution in [2.75, 3.05) is 13.1 Å². The number of hydrogen-bond donors (Lipinski definition) is 1. The van der Waals surface area contributed by atoms with Crippen LogP contribution in [0.5, 0.6) is 0 Å². The molecule has 0 unspecified atom stereocenters. The second-order valence-corrected chi connectivity index (χ2v) is 5.74. The number of alkyl halides is 3. The molecule has 1 aromatic rings. The van der Waals surface area contributed by atoms with Crippen molar-refractivity contribution < 1.29 is 18.0 Å². The molecule has 3 rings (SSSR count). The van der Waals surface area contributed by atoms with Crippen molar-refractivity contribution in [2.24, 2.45) is 11.7 Å². The molecule has 0 bridgehead atoms. The Morgan fingerprint density at radius 3 is 2.20 bits per heavy atom. The van der Waals surface area contributed by atoms with E-state index >= 15 is 0 Å². The molecule has 1 aliphatic heterocycles. The predicted octanol–water partition coefficient (Wildman–Crippen LogP) is 2.27. The van der Waals surface area contributed by atoms with Crippen LogP contribution in [-0.4, -0.2) is 29.4 Å². The highest BCUT2D eigenvalue weighted by Gasteiger charge is 2.51. The normalized spacial score (nSPS) is 21.5. The predicted molar refractivity (Wildman–Crippen MR) is 67.0 cm³/mol. The molecule has 108 valence electrons. The molecule has 6 heteroatoms. The second kappa shape index (κ2) is 4.22. The number of benzene rings is 1. The highest BCUT2D eigenvalue weighted by molar-refractivity contribution is 5.95. The largest absolute Gasteiger partial charge is 0.416 e. The Morgan fingerprint density at radius 2 is 1.75 bits per heavy atom. The Kier molecular flexibility index (Phi) is 2.83. The molecule has 2 N–H and O–H groups in total. The molecule has 1 aliphatic carbocycles. The van der Waals surface area contributed by atoms with Gasteiger partial charge in [0, 0.05) is 18.7 Å². The van der Waals surface area contributed by atoms with Crippen LogP contribution in [0, 0.1) is 5.92 Å². The van der Waals surface area contributed by atoms with Crippen LogP contribution < -0.4 is 5.73 Å². The summed E-state index contributed by atoms with van der Waals surface area (Å²) in [5.74, 6) is 0.250. The first kappa shape index (κ1) is 13.4. The van der Waals surface area contributed by atoms with E-state index in [4.69, 9.17) is 5.73 Å². The molecule has 1 aromatic carbocycles. The van der Waals surface area contributed by atoms with Gasteiger partial charge in [-0.25, -0.2) is 0 Å². The summed E-state index contributed by atoms with van der Waals surface area (Å²) in [7, 11) is 0. The van der Waals surface area contributed by atoms with Gasteiger partial charge in [-0.05, 0) is 43.0 Å². The molecule has 2 fully saturated rings. The van der Waals surface area contributed by atoms with Gasteiger partial charge in [-0.2, -0.15) is 13.2 Å². The van der Waals surface area contributed by atoms with Gasteiger partial charge in [0.1, 0.15) is 0 Å². The molecule has 1 amide bonds. The number of likely N-dealkylation sites (tertiary alicyclic amines) is 1. The van der Waals surface area contributed by atoms with Crippen LogP contribution in [0.15, 0.2) is 24.3 Å². The van der Waals surface area contributed by atoms with Crippen molar-refractivity contribution in [1.82, 2.24) is 4.90 Å². The van der Waals surface area contributed by atoms with Gasteiger partial charge < -0.3 is 10.6 Å².